The van der Waals surface area contributed by atoms with Gasteiger partial charge in [0.05, 0.1) is 19.3 Å². The molecule has 1 fully saturated rings. The molecule has 8 nitrogen and oxygen atoms in total. The van der Waals surface area contributed by atoms with E-state index in [2.05, 4.69) is 20.1 Å². The Kier molecular flexibility index (Phi) is 6.06. The summed E-state index contributed by atoms with van der Waals surface area (Å²) in [6.45, 7) is 4.20. The third-order valence-corrected chi connectivity index (χ3v) is 5.20. The molecule has 0 spiro atoms. The van der Waals surface area contributed by atoms with Gasteiger partial charge in [-0.3, -0.25) is 23.8 Å². The highest BCUT2D eigenvalue weighted by Gasteiger charge is 2.20. The van der Waals surface area contributed by atoms with Crippen LogP contribution in [-0.2, 0) is 11.3 Å². The fourth-order valence-electron chi connectivity index (χ4n) is 3.62. The average molecular weight is 407 g/mol. The maximum absolute atomic E-state index is 12.4. The summed E-state index contributed by atoms with van der Waals surface area (Å²) in [6.07, 6.45) is 1.73. The lowest BCUT2D eigenvalue weighted by atomic mass is 10.2. The Bertz CT molecular complexity index is 1090. The molecule has 4 rings (SSSR count). The maximum Gasteiger partial charge on any atom is 0.258 e. The summed E-state index contributed by atoms with van der Waals surface area (Å²) in [6, 6.07) is 14.5. The summed E-state index contributed by atoms with van der Waals surface area (Å²) in [5.74, 6) is 0.671. The van der Waals surface area contributed by atoms with Crippen molar-refractivity contribution in [3.05, 3.63) is 70.8 Å². The van der Waals surface area contributed by atoms with E-state index in [-0.39, 0.29) is 11.5 Å². The van der Waals surface area contributed by atoms with E-state index in [9.17, 15) is 9.59 Å². The predicted molar refractivity (Wildman–Crippen MR) is 115 cm³/mol. The van der Waals surface area contributed by atoms with Gasteiger partial charge in [0.15, 0.2) is 0 Å². The number of anilines is 1. The van der Waals surface area contributed by atoms with Gasteiger partial charge in [-0.25, -0.2) is 4.98 Å². The molecular weight excluding hydrogens is 382 g/mol. The van der Waals surface area contributed by atoms with Gasteiger partial charge in [0.2, 0.25) is 5.91 Å². The lowest BCUT2D eigenvalue weighted by Gasteiger charge is -2.34. The highest BCUT2D eigenvalue weighted by atomic mass is 16.5. The van der Waals surface area contributed by atoms with Gasteiger partial charge in [0.1, 0.15) is 11.4 Å². The number of benzene rings is 1. The number of amides is 1. The third-order valence-electron chi connectivity index (χ3n) is 5.20. The lowest BCUT2D eigenvalue weighted by Crippen LogP contribution is -2.48. The number of carbonyl (C=O) groups is 1. The minimum Gasteiger partial charge on any atom is -0.497 e. The first kappa shape index (κ1) is 20.1. The highest BCUT2D eigenvalue weighted by molar-refractivity contribution is 5.92. The number of hydrogen-bond acceptors (Lipinski definition) is 6. The molecule has 0 unspecified atom stereocenters. The molecule has 8 heteroatoms. The van der Waals surface area contributed by atoms with Gasteiger partial charge < -0.3 is 10.1 Å². The molecule has 156 valence electrons. The van der Waals surface area contributed by atoms with Crippen molar-refractivity contribution < 1.29 is 9.53 Å². The van der Waals surface area contributed by atoms with Gasteiger partial charge in [-0.05, 0) is 24.3 Å². The monoisotopic (exact) mass is 407 g/mol. The second-order valence-corrected chi connectivity index (χ2v) is 7.35. The van der Waals surface area contributed by atoms with E-state index in [0.717, 1.165) is 37.6 Å². The van der Waals surface area contributed by atoms with Crippen LogP contribution >= 0.6 is 0 Å². The second-order valence-electron chi connectivity index (χ2n) is 7.35. The van der Waals surface area contributed by atoms with Crippen LogP contribution in [0.2, 0.25) is 0 Å². The van der Waals surface area contributed by atoms with E-state index in [4.69, 9.17) is 4.74 Å². The van der Waals surface area contributed by atoms with Crippen LogP contribution in [0.4, 0.5) is 5.69 Å². The van der Waals surface area contributed by atoms with E-state index in [1.165, 1.54) is 0 Å². The first-order valence-electron chi connectivity index (χ1n) is 9.97. The summed E-state index contributed by atoms with van der Waals surface area (Å²) >= 11 is 0. The smallest absolute Gasteiger partial charge is 0.258 e. The predicted octanol–water partition coefficient (Wildman–Crippen LogP) is 1.46. The molecule has 1 aliphatic rings. The summed E-state index contributed by atoms with van der Waals surface area (Å²) in [5.41, 5.74) is 2.10. The molecule has 1 saturated heterocycles. The fourth-order valence-corrected chi connectivity index (χ4v) is 3.62. The number of carbonyl (C=O) groups excluding carboxylic acids is 1. The zero-order valence-corrected chi connectivity index (χ0v) is 17.0. The molecule has 1 N–H and O–H groups in total. The molecule has 0 aliphatic carbocycles. The Labute approximate surface area is 174 Å². The molecule has 0 bridgehead atoms. The molecule has 3 heterocycles. The van der Waals surface area contributed by atoms with E-state index >= 15 is 0 Å². The first-order valence-corrected chi connectivity index (χ1v) is 9.97. The SMILES string of the molecule is COc1cccc(NC(=O)CN2CCN(Cc3cc(=O)n4ccccc4n3)CC2)c1. The van der Waals surface area contributed by atoms with Gasteiger partial charge >= 0.3 is 0 Å². The van der Waals surface area contributed by atoms with Crippen molar-refractivity contribution in [2.75, 3.05) is 45.2 Å². The average Bonchev–Trinajstić information content (AvgIpc) is 2.75. The number of rotatable bonds is 6. The number of methoxy groups -OCH3 is 1. The van der Waals surface area contributed by atoms with Gasteiger partial charge in [-0.1, -0.05) is 12.1 Å². The second kappa shape index (κ2) is 9.06. The van der Waals surface area contributed by atoms with Crippen molar-refractivity contribution in [2.24, 2.45) is 0 Å². The molecule has 3 aromatic rings. The summed E-state index contributed by atoms with van der Waals surface area (Å²) in [7, 11) is 1.60. The molecule has 1 aromatic carbocycles. The van der Waals surface area contributed by atoms with E-state index in [0.29, 0.717) is 24.5 Å². The Morgan fingerprint density at radius 2 is 1.87 bits per heavy atom. The third kappa shape index (κ3) is 4.84. The Balaban J connectivity index is 1.28. The van der Waals surface area contributed by atoms with Gasteiger partial charge in [0, 0.05) is 56.7 Å². The van der Waals surface area contributed by atoms with Crippen LogP contribution in [0, 0.1) is 0 Å². The van der Waals surface area contributed by atoms with Gasteiger partial charge in [-0.15, -0.1) is 0 Å². The van der Waals surface area contributed by atoms with Crippen LogP contribution in [0.15, 0.2) is 59.5 Å². The van der Waals surface area contributed by atoms with E-state index in [1.54, 1.807) is 29.8 Å². The number of ether oxygens (including phenoxy) is 1. The molecule has 2 aromatic heterocycles. The van der Waals surface area contributed by atoms with Crippen LogP contribution in [0.5, 0.6) is 5.75 Å². The zero-order chi connectivity index (χ0) is 20.9. The van der Waals surface area contributed by atoms with Crippen molar-refractivity contribution in [3.8, 4) is 5.75 Å². The van der Waals surface area contributed by atoms with E-state index < -0.39 is 0 Å². The van der Waals surface area contributed by atoms with Crippen molar-refractivity contribution in [3.63, 3.8) is 0 Å². The Morgan fingerprint density at radius 3 is 2.67 bits per heavy atom. The minimum atomic E-state index is -0.0663. The van der Waals surface area contributed by atoms with Crippen LogP contribution < -0.4 is 15.6 Å². The van der Waals surface area contributed by atoms with Crippen molar-refractivity contribution in [1.82, 2.24) is 19.2 Å². The largest absolute Gasteiger partial charge is 0.497 e. The molecule has 0 radical (unpaired) electrons. The van der Waals surface area contributed by atoms with E-state index in [1.807, 2.05) is 36.4 Å². The number of pyridine rings is 1. The van der Waals surface area contributed by atoms with Crippen LogP contribution in [-0.4, -0.2) is 64.9 Å². The number of aromatic nitrogens is 2. The van der Waals surface area contributed by atoms with Crippen LogP contribution in [0.25, 0.3) is 5.65 Å². The summed E-state index contributed by atoms with van der Waals surface area (Å²) < 4.78 is 6.73. The molecule has 30 heavy (non-hydrogen) atoms. The topological polar surface area (TPSA) is 79.2 Å². The maximum atomic E-state index is 12.4. The molecule has 0 atom stereocenters. The highest BCUT2D eigenvalue weighted by Crippen LogP contribution is 2.16. The summed E-state index contributed by atoms with van der Waals surface area (Å²) in [4.78, 5) is 33.6. The normalized spacial score (nSPS) is 15.2. The van der Waals surface area contributed by atoms with Gasteiger partial charge in [0.25, 0.3) is 5.56 Å². The number of fused-ring (bicyclic) bond motifs is 1. The number of piperazine rings is 1. The van der Waals surface area contributed by atoms with Crippen LogP contribution in [0.1, 0.15) is 5.69 Å². The Morgan fingerprint density at radius 1 is 1.07 bits per heavy atom. The van der Waals surface area contributed by atoms with Gasteiger partial charge in [-0.2, -0.15) is 0 Å². The fraction of sp³-hybridized carbons (Fsp3) is 0.318. The zero-order valence-electron chi connectivity index (χ0n) is 17.0. The van der Waals surface area contributed by atoms with Crippen molar-refractivity contribution in [1.29, 1.82) is 0 Å². The molecule has 0 saturated carbocycles. The standard InChI is InChI=1S/C22H25N5O3/c1-30-19-6-4-5-17(13-19)24-21(28)16-26-11-9-25(10-12-26)15-18-14-22(29)27-8-3-2-7-20(27)23-18/h2-8,13-14H,9-12,15-16H2,1H3,(H,24,28). The lowest BCUT2D eigenvalue weighted by molar-refractivity contribution is -0.117. The molecule has 1 aliphatic heterocycles. The van der Waals surface area contributed by atoms with Crippen molar-refractivity contribution >= 4 is 17.2 Å². The van der Waals surface area contributed by atoms with Crippen LogP contribution in [0.3, 0.4) is 0 Å². The number of nitrogens with one attached hydrogen (secondary N) is 1. The summed E-state index contributed by atoms with van der Waals surface area (Å²) in [5, 5.41) is 2.92. The molecular formula is C22H25N5O3. The molecule has 1 amide bonds. The van der Waals surface area contributed by atoms with Crippen molar-refractivity contribution in [2.45, 2.75) is 6.54 Å². The minimum absolute atomic E-state index is 0.0408. The number of hydrogen-bond donors (Lipinski definition) is 1. The first-order chi connectivity index (χ1) is 14.6. The Hall–Kier alpha value is -3.23. The quantitative estimate of drug-likeness (QED) is 0.667. The number of nitrogens with zero attached hydrogens (tertiary/aromatic N) is 4.